The molecular weight excluding hydrogens is 407 g/mol. The van der Waals surface area contributed by atoms with E-state index in [4.69, 9.17) is 14.7 Å². The Hall–Kier alpha value is -3.22. The van der Waals surface area contributed by atoms with Gasteiger partial charge in [-0.1, -0.05) is 12.1 Å². The van der Waals surface area contributed by atoms with Gasteiger partial charge in [0.05, 0.1) is 35.5 Å². The van der Waals surface area contributed by atoms with Crippen molar-refractivity contribution in [3.05, 3.63) is 48.9 Å². The second kappa shape index (κ2) is 8.86. The Morgan fingerprint density at radius 1 is 1.24 bits per heavy atom. The summed E-state index contributed by atoms with van der Waals surface area (Å²) in [6.07, 6.45) is 2.01. The first-order valence-electron chi connectivity index (χ1n) is 8.26. The summed E-state index contributed by atoms with van der Waals surface area (Å²) in [7, 11) is -4.16. The van der Waals surface area contributed by atoms with E-state index in [0.717, 1.165) is 0 Å². The molecule has 0 spiro atoms. The predicted molar refractivity (Wildman–Crippen MR) is 100 cm³/mol. The molecule has 29 heavy (non-hydrogen) atoms. The molecule has 3 N–H and O–H groups in total. The number of nitrogens with zero attached hydrogens (tertiary/aromatic N) is 2. The quantitative estimate of drug-likeness (QED) is 0.368. The number of benzene rings is 1. The molecule has 2 heterocycles. The standard InChI is InChI=1S/C17H17FN4O6S/c18-10-29(25,26)15-4-2-1-3-13(15)20-16-14(28-17(24)21-27-8-7-23)6-5-12-9-19-11-22(12)16/h1-6,9,11,20,23H,7-8,10H2,(H,21,24). The number of carbonyl (C=O) groups is 1. The fourth-order valence-corrected chi connectivity index (χ4v) is 3.34. The Balaban J connectivity index is 1.99. The molecule has 3 rings (SSSR count). The van der Waals surface area contributed by atoms with E-state index in [2.05, 4.69) is 10.3 Å². The van der Waals surface area contributed by atoms with Gasteiger partial charge >= 0.3 is 6.09 Å². The van der Waals surface area contributed by atoms with Gasteiger partial charge in [0, 0.05) is 0 Å². The monoisotopic (exact) mass is 424 g/mol. The number of alkyl halides is 1. The van der Waals surface area contributed by atoms with Crippen LogP contribution < -0.4 is 15.5 Å². The molecule has 0 unspecified atom stereocenters. The number of imidazole rings is 1. The van der Waals surface area contributed by atoms with Gasteiger partial charge in [0.15, 0.2) is 17.6 Å². The number of para-hydroxylation sites is 1. The zero-order valence-electron chi connectivity index (χ0n) is 14.9. The first-order chi connectivity index (χ1) is 14.0. The third-order valence-corrected chi connectivity index (χ3v) is 5.03. The van der Waals surface area contributed by atoms with Gasteiger partial charge in [-0.3, -0.25) is 9.24 Å². The number of rotatable bonds is 8. The fraction of sp³-hybridized carbons (Fsp3) is 0.176. The summed E-state index contributed by atoms with van der Waals surface area (Å²) in [6.45, 7) is -0.427. The maximum atomic E-state index is 13.0. The van der Waals surface area contributed by atoms with E-state index in [-0.39, 0.29) is 35.4 Å². The maximum absolute atomic E-state index is 13.0. The Morgan fingerprint density at radius 3 is 2.79 bits per heavy atom. The number of anilines is 2. The molecule has 0 saturated carbocycles. The summed E-state index contributed by atoms with van der Waals surface area (Å²) >= 11 is 0. The third-order valence-electron chi connectivity index (χ3n) is 3.72. The first-order valence-corrected chi connectivity index (χ1v) is 9.92. The lowest BCUT2D eigenvalue weighted by Gasteiger charge is -2.16. The molecule has 0 aliphatic carbocycles. The number of fused-ring (bicyclic) bond motifs is 1. The molecule has 0 radical (unpaired) electrons. The predicted octanol–water partition coefficient (Wildman–Crippen LogP) is 1.79. The number of pyridine rings is 1. The lowest BCUT2D eigenvalue weighted by atomic mass is 10.3. The molecule has 12 heteroatoms. The first kappa shape index (κ1) is 20.5. The Morgan fingerprint density at radius 2 is 2.03 bits per heavy atom. The zero-order chi connectivity index (χ0) is 20.9. The molecule has 3 aromatic rings. The summed E-state index contributed by atoms with van der Waals surface area (Å²) in [5.74, 6) is 0.201. The van der Waals surface area contributed by atoms with E-state index >= 15 is 0 Å². The van der Waals surface area contributed by atoms with Crippen LogP contribution in [0.2, 0.25) is 0 Å². The number of amides is 1. The minimum atomic E-state index is -4.16. The number of sulfone groups is 1. The SMILES string of the molecule is O=C(NOCCO)Oc1ccc2cncn2c1Nc1ccccc1S(=O)(=O)CF. The van der Waals surface area contributed by atoms with Crippen molar-refractivity contribution < 1.29 is 32.3 Å². The van der Waals surface area contributed by atoms with Crippen molar-refractivity contribution in [3.63, 3.8) is 0 Å². The molecular formula is C17H17FN4O6S. The minimum absolute atomic E-state index is 0.0213. The molecule has 2 aromatic heterocycles. The van der Waals surface area contributed by atoms with Gasteiger partial charge in [0.25, 0.3) is 0 Å². The molecule has 0 bridgehead atoms. The average molecular weight is 424 g/mol. The Labute approximate surface area is 164 Å². The number of hydrogen-bond donors (Lipinski definition) is 3. The van der Waals surface area contributed by atoms with Crippen molar-refractivity contribution in [2.24, 2.45) is 0 Å². The van der Waals surface area contributed by atoms with Crippen LogP contribution in [0.15, 0.2) is 53.8 Å². The van der Waals surface area contributed by atoms with Crippen molar-refractivity contribution >= 4 is 33.0 Å². The van der Waals surface area contributed by atoms with Gasteiger partial charge in [0.1, 0.15) is 6.33 Å². The van der Waals surface area contributed by atoms with Gasteiger partial charge in [-0.05, 0) is 24.3 Å². The van der Waals surface area contributed by atoms with Crippen LogP contribution in [0.4, 0.5) is 20.7 Å². The minimum Gasteiger partial charge on any atom is -0.405 e. The van der Waals surface area contributed by atoms with E-state index in [1.54, 1.807) is 18.3 Å². The third kappa shape index (κ3) is 4.62. The fourth-order valence-electron chi connectivity index (χ4n) is 2.48. The van der Waals surface area contributed by atoms with Crippen molar-refractivity contribution in [2.75, 3.05) is 24.5 Å². The van der Waals surface area contributed by atoms with Crippen LogP contribution in [-0.2, 0) is 14.7 Å². The van der Waals surface area contributed by atoms with Gasteiger partial charge in [0.2, 0.25) is 9.84 Å². The summed E-state index contributed by atoms with van der Waals surface area (Å²) < 4.78 is 43.9. The van der Waals surface area contributed by atoms with Gasteiger partial charge in [-0.15, -0.1) is 0 Å². The van der Waals surface area contributed by atoms with E-state index in [1.807, 2.05) is 5.48 Å². The van der Waals surface area contributed by atoms with E-state index in [1.165, 1.54) is 35.0 Å². The molecule has 0 aliphatic rings. The van der Waals surface area contributed by atoms with Gasteiger partial charge in [-0.2, -0.15) is 5.48 Å². The van der Waals surface area contributed by atoms with E-state index < -0.39 is 21.9 Å². The highest BCUT2D eigenvalue weighted by atomic mass is 32.2. The largest absolute Gasteiger partial charge is 0.436 e. The maximum Gasteiger partial charge on any atom is 0.436 e. The summed E-state index contributed by atoms with van der Waals surface area (Å²) in [5, 5.41) is 11.5. The number of aliphatic hydroxyl groups is 1. The summed E-state index contributed by atoms with van der Waals surface area (Å²) in [6, 6.07) is 7.29. The zero-order valence-corrected chi connectivity index (χ0v) is 15.7. The average Bonchev–Trinajstić information content (AvgIpc) is 3.19. The number of carbonyl (C=O) groups excluding carboxylic acids is 1. The molecule has 0 atom stereocenters. The molecule has 1 amide bonds. The van der Waals surface area contributed by atoms with E-state index in [0.29, 0.717) is 5.52 Å². The highest BCUT2D eigenvalue weighted by Crippen LogP contribution is 2.32. The number of halogens is 1. The Bertz CT molecular complexity index is 1120. The molecule has 10 nitrogen and oxygen atoms in total. The number of nitrogens with one attached hydrogen (secondary N) is 2. The number of ether oxygens (including phenoxy) is 1. The number of hydroxylamine groups is 1. The molecule has 1 aromatic carbocycles. The molecule has 154 valence electrons. The normalized spacial score (nSPS) is 11.4. The van der Waals surface area contributed by atoms with E-state index in [9.17, 15) is 17.6 Å². The van der Waals surface area contributed by atoms with Crippen LogP contribution in [-0.4, -0.2) is 48.2 Å². The summed E-state index contributed by atoms with van der Waals surface area (Å²) in [4.78, 5) is 20.4. The van der Waals surface area contributed by atoms with Gasteiger partial charge in [-0.25, -0.2) is 22.6 Å². The van der Waals surface area contributed by atoms with Crippen molar-refractivity contribution in [3.8, 4) is 5.75 Å². The molecule has 0 fully saturated rings. The second-order valence-corrected chi connectivity index (χ2v) is 7.53. The molecule has 0 saturated heterocycles. The van der Waals surface area contributed by atoms with Crippen LogP contribution in [0, 0.1) is 0 Å². The highest BCUT2D eigenvalue weighted by Gasteiger charge is 2.20. The van der Waals surface area contributed by atoms with Crippen molar-refractivity contribution in [1.29, 1.82) is 0 Å². The topological polar surface area (TPSA) is 131 Å². The van der Waals surface area contributed by atoms with Crippen molar-refractivity contribution in [2.45, 2.75) is 4.90 Å². The Kier molecular flexibility index (Phi) is 6.26. The van der Waals surface area contributed by atoms with Crippen LogP contribution in [0.25, 0.3) is 5.52 Å². The van der Waals surface area contributed by atoms with Crippen LogP contribution >= 0.6 is 0 Å². The number of hydrogen-bond acceptors (Lipinski definition) is 8. The molecule has 0 aliphatic heterocycles. The number of aromatic nitrogens is 2. The van der Waals surface area contributed by atoms with Crippen LogP contribution in [0.3, 0.4) is 0 Å². The van der Waals surface area contributed by atoms with Crippen LogP contribution in [0.5, 0.6) is 5.75 Å². The smallest absolute Gasteiger partial charge is 0.405 e. The summed E-state index contributed by atoms with van der Waals surface area (Å²) in [5.41, 5.74) is 2.71. The van der Waals surface area contributed by atoms with Crippen molar-refractivity contribution in [1.82, 2.24) is 14.9 Å². The lowest BCUT2D eigenvalue weighted by Crippen LogP contribution is -2.28. The van der Waals surface area contributed by atoms with Gasteiger partial charge < -0.3 is 15.2 Å². The lowest BCUT2D eigenvalue weighted by molar-refractivity contribution is 0.0246. The number of aliphatic hydroxyl groups excluding tert-OH is 1. The highest BCUT2D eigenvalue weighted by molar-refractivity contribution is 7.91. The second-order valence-electron chi connectivity index (χ2n) is 5.64. The van der Waals surface area contributed by atoms with Crippen LogP contribution in [0.1, 0.15) is 0 Å².